The van der Waals surface area contributed by atoms with Crippen molar-refractivity contribution in [3.05, 3.63) is 53.6 Å². The highest BCUT2D eigenvalue weighted by Gasteiger charge is 2.50. The molecule has 0 aromatic heterocycles. The van der Waals surface area contributed by atoms with E-state index in [1.54, 1.807) is 18.2 Å². The average molecular weight is 280 g/mol. The fourth-order valence-corrected chi connectivity index (χ4v) is 4.85. The number of hydrogen-bond donors (Lipinski definition) is 1. The highest BCUT2D eigenvalue weighted by atomic mass is 16.3. The highest BCUT2D eigenvalue weighted by molar-refractivity contribution is 6.01. The number of benzene rings is 1. The van der Waals surface area contributed by atoms with Crippen LogP contribution in [0.5, 0.6) is 5.75 Å². The predicted molar refractivity (Wildman–Crippen MR) is 82.1 cm³/mol. The Labute approximate surface area is 125 Å². The topological polar surface area (TPSA) is 37.3 Å². The van der Waals surface area contributed by atoms with Gasteiger partial charge in [-0.3, -0.25) is 4.79 Å². The molecule has 3 aliphatic carbocycles. The molecule has 1 aromatic rings. The third-order valence-corrected chi connectivity index (χ3v) is 5.76. The molecule has 1 spiro atoms. The Hall–Kier alpha value is -1.83. The quantitative estimate of drug-likeness (QED) is 0.840. The average Bonchev–Trinajstić information content (AvgIpc) is 2.92. The van der Waals surface area contributed by atoms with Gasteiger partial charge in [0.05, 0.1) is 0 Å². The number of ketones is 1. The Morgan fingerprint density at radius 1 is 1.14 bits per heavy atom. The first kappa shape index (κ1) is 12.9. The molecule has 0 radical (unpaired) electrons. The normalized spacial score (nSPS) is 34.3. The van der Waals surface area contributed by atoms with E-state index in [2.05, 4.69) is 18.2 Å². The van der Waals surface area contributed by atoms with Gasteiger partial charge in [-0.2, -0.15) is 0 Å². The number of rotatable bonds is 1. The summed E-state index contributed by atoms with van der Waals surface area (Å²) in [5, 5.41) is 9.50. The van der Waals surface area contributed by atoms with Gasteiger partial charge in [0.2, 0.25) is 0 Å². The molecule has 4 rings (SSSR count). The molecule has 108 valence electrons. The number of carbonyl (C=O) groups is 1. The molecule has 0 heterocycles. The molecule has 2 fully saturated rings. The van der Waals surface area contributed by atoms with E-state index in [4.69, 9.17) is 0 Å². The summed E-state index contributed by atoms with van der Waals surface area (Å²) in [5.74, 6) is 1.64. The van der Waals surface area contributed by atoms with E-state index in [0.29, 0.717) is 17.6 Å². The molecule has 2 saturated carbocycles. The third-order valence-electron chi connectivity index (χ3n) is 5.76. The van der Waals surface area contributed by atoms with E-state index in [1.807, 2.05) is 6.08 Å². The van der Waals surface area contributed by atoms with Crippen LogP contribution in [0, 0.1) is 11.3 Å². The van der Waals surface area contributed by atoms with Crippen LogP contribution in [-0.4, -0.2) is 10.9 Å². The lowest BCUT2D eigenvalue weighted by atomic mass is 9.58. The van der Waals surface area contributed by atoms with Crippen molar-refractivity contribution in [3.63, 3.8) is 0 Å². The van der Waals surface area contributed by atoms with E-state index < -0.39 is 0 Å². The molecule has 0 bridgehead atoms. The van der Waals surface area contributed by atoms with Crippen molar-refractivity contribution < 1.29 is 9.90 Å². The van der Waals surface area contributed by atoms with Crippen LogP contribution in [0.25, 0.3) is 0 Å². The third kappa shape index (κ3) is 1.89. The van der Waals surface area contributed by atoms with Gasteiger partial charge in [-0.05, 0) is 67.4 Å². The van der Waals surface area contributed by atoms with Gasteiger partial charge in [-0.1, -0.05) is 30.2 Å². The van der Waals surface area contributed by atoms with Gasteiger partial charge in [0.25, 0.3) is 0 Å². The van der Waals surface area contributed by atoms with Crippen molar-refractivity contribution in [2.45, 2.75) is 38.0 Å². The first-order chi connectivity index (χ1) is 10.2. The molecule has 0 aliphatic heterocycles. The molecule has 21 heavy (non-hydrogen) atoms. The largest absolute Gasteiger partial charge is 0.508 e. The second kappa shape index (κ2) is 4.59. The van der Waals surface area contributed by atoms with Crippen LogP contribution in [0.2, 0.25) is 0 Å². The molecule has 3 atom stereocenters. The molecule has 0 saturated heterocycles. The molecule has 1 N–H and O–H groups in total. The maximum Gasteiger partial charge on any atom is 0.178 e. The Bertz CT molecular complexity index is 638. The molecule has 2 nitrogen and oxygen atoms in total. The van der Waals surface area contributed by atoms with Crippen molar-refractivity contribution in [2.75, 3.05) is 0 Å². The Morgan fingerprint density at radius 2 is 1.95 bits per heavy atom. The number of carbonyl (C=O) groups excluding carboxylic acids is 1. The second-order valence-corrected chi connectivity index (χ2v) is 6.68. The maximum atomic E-state index is 11.7. The Balaban J connectivity index is 1.74. The standard InChI is InChI=1S/C19H20O2/c20-15-6-3-13(4-7-15)17-8-5-14-12-16(21)9-11-19(14)10-1-2-18(17)19/h3-4,6-7,9,11-12,17-18,20H,1-2,5,8,10H2/t17-,18-,19-/m0/s1. The Kier molecular flexibility index (Phi) is 2.81. The van der Waals surface area contributed by atoms with Crippen LogP contribution in [-0.2, 0) is 4.79 Å². The summed E-state index contributed by atoms with van der Waals surface area (Å²) in [6, 6.07) is 7.72. The number of aromatic hydroxyl groups is 1. The second-order valence-electron chi connectivity index (χ2n) is 6.68. The zero-order valence-corrected chi connectivity index (χ0v) is 12.1. The van der Waals surface area contributed by atoms with Gasteiger partial charge >= 0.3 is 0 Å². The van der Waals surface area contributed by atoms with Crippen molar-refractivity contribution in [3.8, 4) is 5.75 Å². The van der Waals surface area contributed by atoms with Crippen LogP contribution in [0.15, 0.2) is 48.1 Å². The number of allylic oxidation sites excluding steroid dienone is 4. The van der Waals surface area contributed by atoms with Gasteiger partial charge in [0.15, 0.2) is 5.78 Å². The summed E-state index contributed by atoms with van der Waals surface area (Å²) in [7, 11) is 0. The van der Waals surface area contributed by atoms with E-state index in [9.17, 15) is 9.90 Å². The maximum absolute atomic E-state index is 11.7. The van der Waals surface area contributed by atoms with E-state index in [-0.39, 0.29) is 11.2 Å². The first-order valence-electron chi connectivity index (χ1n) is 7.92. The SMILES string of the molecule is O=C1C=C[C@]23CCC[C@H]2[C@H](c2ccc(O)cc2)CCC3=C1. The summed E-state index contributed by atoms with van der Waals surface area (Å²) in [4.78, 5) is 11.7. The lowest BCUT2D eigenvalue weighted by molar-refractivity contribution is -0.110. The fourth-order valence-electron chi connectivity index (χ4n) is 4.85. The number of phenols is 1. The van der Waals surface area contributed by atoms with Crippen molar-refractivity contribution >= 4 is 5.78 Å². The minimum Gasteiger partial charge on any atom is -0.508 e. The first-order valence-corrected chi connectivity index (χ1v) is 7.92. The summed E-state index contributed by atoms with van der Waals surface area (Å²) < 4.78 is 0. The summed E-state index contributed by atoms with van der Waals surface area (Å²) in [5.41, 5.74) is 2.84. The molecule has 3 aliphatic rings. The van der Waals surface area contributed by atoms with Gasteiger partial charge in [-0.25, -0.2) is 0 Å². The molecule has 2 heteroatoms. The van der Waals surface area contributed by atoms with Gasteiger partial charge in [0, 0.05) is 5.41 Å². The predicted octanol–water partition coefficient (Wildman–Crippen LogP) is 4.12. The monoisotopic (exact) mass is 280 g/mol. The molecule has 0 unspecified atom stereocenters. The smallest absolute Gasteiger partial charge is 0.178 e. The van der Waals surface area contributed by atoms with Crippen LogP contribution in [0.1, 0.15) is 43.6 Å². The minimum absolute atomic E-state index is 0.134. The van der Waals surface area contributed by atoms with Crippen molar-refractivity contribution in [2.24, 2.45) is 11.3 Å². The zero-order valence-electron chi connectivity index (χ0n) is 12.1. The van der Waals surface area contributed by atoms with Crippen LogP contribution in [0.4, 0.5) is 0 Å². The van der Waals surface area contributed by atoms with E-state index >= 15 is 0 Å². The minimum atomic E-state index is 0.134. The number of phenolic OH excluding ortho intramolecular Hbond substituents is 1. The van der Waals surface area contributed by atoms with Gasteiger partial charge in [0.1, 0.15) is 5.75 Å². The van der Waals surface area contributed by atoms with Gasteiger partial charge < -0.3 is 5.11 Å². The summed E-state index contributed by atoms with van der Waals surface area (Å²) in [6.45, 7) is 0. The fraction of sp³-hybridized carbons (Fsp3) is 0.421. The summed E-state index contributed by atoms with van der Waals surface area (Å²) in [6.07, 6.45) is 11.7. The zero-order chi connectivity index (χ0) is 14.4. The molecular formula is C19H20O2. The lowest BCUT2D eigenvalue weighted by Crippen LogP contribution is -2.36. The highest BCUT2D eigenvalue weighted by Crippen LogP contribution is 2.61. The van der Waals surface area contributed by atoms with Crippen molar-refractivity contribution in [1.29, 1.82) is 0 Å². The lowest BCUT2D eigenvalue weighted by Gasteiger charge is -2.46. The molecular weight excluding hydrogens is 260 g/mol. The number of hydrogen-bond acceptors (Lipinski definition) is 2. The van der Waals surface area contributed by atoms with E-state index in [0.717, 1.165) is 12.8 Å². The molecule has 1 aromatic carbocycles. The van der Waals surface area contributed by atoms with Crippen LogP contribution < -0.4 is 0 Å². The molecule has 0 amide bonds. The van der Waals surface area contributed by atoms with Crippen LogP contribution >= 0.6 is 0 Å². The van der Waals surface area contributed by atoms with Gasteiger partial charge in [-0.15, -0.1) is 0 Å². The van der Waals surface area contributed by atoms with Crippen LogP contribution in [0.3, 0.4) is 0 Å². The van der Waals surface area contributed by atoms with E-state index in [1.165, 1.54) is 30.4 Å². The summed E-state index contributed by atoms with van der Waals surface area (Å²) >= 11 is 0. The Morgan fingerprint density at radius 3 is 2.76 bits per heavy atom. The van der Waals surface area contributed by atoms with Crippen molar-refractivity contribution in [1.82, 2.24) is 0 Å².